The third-order valence-corrected chi connectivity index (χ3v) is 3.03. The number of hydrogen-bond donors (Lipinski definition) is 2. The minimum atomic E-state index is -0.899. The highest BCUT2D eigenvalue weighted by Gasteiger charge is 2.31. The van der Waals surface area contributed by atoms with Crippen molar-refractivity contribution >= 4 is 11.9 Å². The lowest BCUT2D eigenvalue weighted by atomic mass is 10.2. The summed E-state index contributed by atoms with van der Waals surface area (Å²) in [5.41, 5.74) is 0. The summed E-state index contributed by atoms with van der Waals surface area (Å²) in [6.45, 7) is 6.17. The van der Waals surface area contributed by atoms with E-state index in [-0.39, 0.29) is 12.0 Å². The number of carboxylic acids is 1. The summed E-state index contributed by atoms with van der Waals surface area (Å²) in [6, 6.07) is 0. The fraction of sp³-hybridized carbons (Fsp3) is 0.833. The fourth-order valence-electron chi connectivity index (χ4n) is 2.07. The second kappa shape index (κ2) is 7.33. The molecule has 0 aromatic rings. The number of amides is 1. The van der Waals surface area contributed by atoms with E-state index in [0.717, 1.165) is 13.0 Å². The number of nitrogens with one attached hydrogen (secondary N) is 1. The average Bonchev–Trinajstić information content (AvgIpc) is 2.77. The first kappa shape index (κ1) is 14.9. The molecule has 1 aliphatic rings. The van der Waals surface area contributed by atoms with Crippen molar-refractivity contribution in [1.82, 2.24) is 10.2 Å². The van der Waals surface area contributed by atoms with Crippen molar-refractivity contribution in [2.75, 3.05) is 26.2 Å². The zero-order valence-corrected chi connectivity index (χ0v) is 11.0. The number of likely N-dealkylation sites (N-methyl/N-ethyl adjacent to an activating group) is 2. The van der Waals surface area contributed by atoms with E-state index in [2.05, 4.69) is 5.32 Å². The van der Waals surface area contributed by atoms with Gasteiger partial charge in [-0.05, 0) is 26.3 Å². The molecule has 0 spiro atoms. The summed E-state index contributed by atoms with van der Waals surface area (Å²) < 4.78 is 5.42. The van der Waals surface area contributed by atoms with E-state index in [9.17, 15) is 9.59 Å². The maximum atomic E-state index is 11.5. The van der Waals surface area contributed by atoms with Crippen molar-refractivity contribution in [2.45, 2.75) is 38.9 Å². The average molecular weight is 258 g/mol. The van der Waals surface area contributed by atoms with E-state index in [1.165, 1.54) is 0 Å². The molecule has 0 radical (unpaired) electrons. The van der Waals surface area contributed by atoms with Gasteiger partial charge in [0.05, 0.1) is 12.6 Å². The molecule has 2 N–H and O–H groups in total. The van der Waals surface area contributed by atoms with Crippen LogP contribution in [0.1, 0.15) is 26.7 Å². The topological polar surface area (TPSA) is 78.9 Å². The van der Waals surface area contributed by atoms with Crippen molar-refractivity contribution in [1.29, 1.82) is 0 Å². The predicted octanol–water partition coefficient (Wildman–Crippen LogP) is 0.0766. The molecule has 0 aromatic heterocycles. The zero-order chi connectivity index (χ0) is 13.5. The zero-order valence-electron chi connectivity index (χ0n) is 11.0. The first-order valence-corrected chi connectivity index (χ1v) is 6.44. The third-order valence-electron chi connectivity index (χ3n) is 3.03. The number of carbonyl (C=O) groups excluding carboxylic acids is 1. The Balaban J connectivity index is 2.35. The molecule has 6 heteroatoms. The Morgan fingerprint density at radius 1 is 1.39 bits per heavy atom. The molecule has 0 aromatic carbocycles. The van der Waals surface area contributed by atoms with Gasteiger partial charge in [0.1, 0.15) is 0 Å². The Morgan fingerprint density at radius 2 is 2.11 bits per heavy atom. The first-order valence-electron chi connectivity index (χ1n) is 6.44. The number of ether oxygens (including phenoxy) is 1. The summed E-state index contributed by atoms with van der Waals surface area (Å²) in [5.74, 6) is -0.906. The highest BCUT2D eigenvalue weighted by Crippen LogP contribution is 2.20. The normalized spacial score (nSPS) is 23.3. The van der Waals surface area contributed by atoms with E-state index in [1.54, 1.807) is 0 Å². The Kier molecular flexibility index (Phi) is 6.07. The molecule has 1 amide bonds. The molecule has 0 bridgehead atoms. The van der Waals surface area contributed by atoms with E-state index in [0.29, 0.717) is 26.1 Å². The van der Waals surface area contributed by atoms with Gasteiger partial charge in [-0.1, -0.05) is 6.92 Å². The first-order chi connectivity index (χ1) is 8.56. The van der Waals surface area contributed by atoms with Gasteiger partial charge in [-0.2, -0.15) is 0 Å². The highest BCUT2D eigenvalue weighted by atomic mass is 16.5. The van der Waals surface area contributed by atoms with Gasteiger partial charge in [0.25, 0.3) is 0 Å². The van der Waals surface area contributed by atoms with Crippen LogP contribution in [0.5, 0.6) is 0 Å². The van der Waals surface area contributed by atoms with Crippen LogP contribution in [0.25, 0.3) is 0 Å². The minimum Gasteiger partial charge on any atom is -0.479 e. The van der Waals surface area contributed by atoms with Crippen molar-refractivity contribution < 1.29 is 19.4 Å². The highest BCUT2D eigenvalue weighted by molar-refractivity contribution is 5.77. The molecule has 2 unspecified atom stereocenters. The molecule has 1 fully saturated rings. The van der Waals surface area contributed by atoms with Gasteiger partial charge < -0.3 is 15.2 Å². The molecule has 0 aliphatic carbocycles. The molecule has 1 rings (SSSR count). The largest absolute Gasteiger partial charge is 0.479 e. The lowest BCUT2D eigenvalue weighted by Gasteiger charge is -2.23. The standard InChI is InChI=1S/C12H22N2O4/c1-3-13-11(15)8-14(4-2)7-9-5-6-10(18-9)12(16)17/h9-10H,3-8H2,1-2H3,(H,13,15)(H,16,17). The van der Waals surface area contributed by atoms with Crippen LogP contribution in [0.15, 0.2) is 0 Å². The van der Waals surface area contributed by atoms with Gasteiger partial charge in [-0.3, -0.25) is 9.69 Å². The Bertz CT molecular complexity index is 296. The summed E-state index contributed by atoms with van der Waals surface area (Å²) in [5, 5.41) is 11.6. The lowest BCUT2D eigenvalue weighted by molar-refractivity contribution is -0.149. The quantitative estimate of drug-likeness (QED) is 0.676. The molecule has 1 aliphatic heterocycles. The number of rotatable bonds is 7. The van der Waals surface area contributed by atoms with Crippen molar-refractivity contribution in [2.24, 2.45) is 0 Å². The second-order valence-corrected chi connectivity index (χ2v) is 4.44. The second-order valence-electron chi connectivity index (χ2n) is 4.44. The van der Waals surface area contributed by atoms with Crippen LogP contribution < -0.4 is 5.32 Å². The van der Waals surface area contributed by atoms with Gasteiger partial charge >= 0.3 is 5.97 Å². The molecule has 0 saturated carbocycles. The van der Waals surface area contributed by atoms with Crippen LogP contribution >= 0.6 is 0 Å². The summed E-state index contributed by atoms with van der Waals surface area (Å²) >= 11 is 0. The monoisotopic (exact) mass is 258 g/mol. The Hall–Kier alpha value is -1.14. The van der Waals surface area contributed by atoms with Crippen LogP contribution in [0.3, 0.4) is 0 Å². The van der Waals surface area contributed by atoms with Gasteiger partial charge in [0, 0.05) is 13.1 Å². The molecule has 2 atom stereocenters. The molecular weight excluding hydrogens is 236 g/mol. The van der Waals surface area contributed by atoms with E-state index in [4.69, 9.17) is 9.84 Å². The Morgan fingerprint density at radius 3 is 2.61 bits per heavy atom. The number of nitrogens with zero attached hydrogens (tertiary/aromatic N) is 1. The third kappa shape index (κ3) is 4.62. The lowest BCUT2D eigenvalue weighted by Crippen LogP contribution is -2.41. The van der Waals surface area contributed by atoms with Crippen molar-refractivity contribution in [3.05, 3.63) is 0 Å². The van der Waals surface area contributed by atoms with Gasteiger partial charge in [0.15, 0.2) is 6.10 Å². The molecular formula is C12H22N2O4. The number of carboxylic acid groups (broad SMARTS) is 1. The number of aliphatic carboxylic acids is 1. The fourth-order valence-corrected chi connectivity index (χ4v) is 2.07. The maximum absolute atomic E-state index is 11.5. The summed E-state index contributed by atoms with van der Waals surface area (Å²) in [4.78, 5) is 24.2. The van der Waals surface area contributed by atoms with E-state index >= 15 is 0 Å². The smallest absolute Gasteiger partial charge is 0.332 e. The summed E-state index contributed by atoms with van der Waals surface area (Å²) in [6.07, 6.45) is 0.528. The maximum Gasteiger partial charge on any atom is 0.332 e. The predicted molar refractivity (Wildman–Crippen MR) is 66.3 cm³/mol. The molecule has 1 heterocycles. The molecule has 6 nitrogen and oxygen atoms in total. The van der Waals surface area contributed by atoms with Crippen LogP contribution in [0.2, 0.25) is 0 Å². The van der Waals surface area contributed by atoms with Crippen LogP contribution in [-0.2, 0) is 14.3 Å². The minimum absolute atomic E-state index is 0.00729. The van der Waals surface area contributed by atoms with Crippen LogP contribution in [-0.4, -0.2) is 60.3 Å². The molecule has 1 saturated heterocycles. The van der Waals surface area contributed by atoms with Gasteiger partial charge in [-0.15, -0.1) is 0 Å². The van der Waals surface area contributed by atoms with E-state index < -0.39 is 12.1 Å². The molecule has 104 valence electrons. The SMILES string of the molecule is CCNC(=O)CN(CC)CC1CCC(C(=O)O)O1. The van der Waals surface area contributed by atoms with Crippen molar-refractivity contribution in [3.8, 4) is 0 Å². The van der Waals surface area contributed by atoms with E-state index in [1.807, 2.05) is 18.7 Å². The van der Waals surface area contributed by atoms with Crippen LogP contribution in [0.4, 0.5) is 0 Å². The number of hydrogen-bond acceptors (Lipinski definition) is 4. The summed E-state index contributed by atoms with van der Waals surface area (Å²) in [7, 11) is 0. The van der Waals surface area contributed by atoms with Gasteiger partial charge in [0.2, 0.25) is 5.91 Å². The molecule has 18 heavy (non-hydrogen) atoms. The Labute approximate surface area is 107 Å². The van der Waals surface area contributed by atoms with Crippen molar-refractivity contribution in [3.63, 3.8) is 0 Å². The number of carbonyl (C=O) groups is 2. The van der Waals surface area contributed by atoms with Crippen LogP contribution in [0, 0.1) is 0 Å². The van der Waals surface area contributed by atoms with Gasteiger partial charge in [-0.25, -0.2) is 4.79 Å².